The van der Waals surface area contributed by atoms with Crippen LogP contribution in [0, 0.1) is 24.2 Å². The number of methoxy groups -OCH3 is 1. The third-order valence-corrected chi connectivity index (χ3v) is 6.81. The molecule has 132 valence electrons. The molecule has 1 amide bonds. The summed E-state index contributed by atoms with van der Waals surface area (Å²) in [5, 5.41) is 13.8. The summed E-state index contributed by atoms with van der Waals surface area (Å²) in [7, 11) is 1.69. The van der Waals surface area contributed by atoms with Crippen LogP contribution in [0.1, 0.15) is 37.1 Å². The van der Waals surface area contributed by atoms with Gasteiger partial charge in [0.25, 0.3) is 0 Å². The normalized spacial score (nSPS) is 28.7. The van der Waals surface area contributed by atoms with Crippen molar-refractivity contribution in [2.75, 3.05) is 31.7 Å². The Bertz CT molecular complexity index is 611. The first-order chi connectivity index (χ1) is 11.6. The molecular weight excluding hydrogens is 324 g/mol. The second-order valence-electron chi connectivity index (χ2n) is 7.66. The number of carbonyl (C=O) groups is 1. The number of nitrogens with one attached hydrogen (secondary N) is 1. The van der Waals surface area contributed by atoms with Crippen LogP contribution in [0.25, 0.3) is 0 Å². The Labute approximate surface area is 147 Å². The van der Waals surface area contributed by atoms with Crippen LogP contribution < -0.4 is 10.2 Å². The van der Waals surface area contributed by atoms with E-state index in [2.05, 4.69) is 20.4 Å². The number of nitrogens with zero attached hydrogens (tertiary/aromatic N) is 3. The quantitative estimate of drug-likeness (QED) is 0.850. The molecule has 4 rings (SSSR count). The Morgan fingerprint density at radius 1 is 1.38 bits per heavy atom. The van der Waals surface area contributed by atoms with E-state index in [-0.39, 0.29) is 17.4 Å². The van der Waals surface area contributed by atoms with Crippen molar-refractivity contribution in [2.45, 2.75) is 45.1 Å². The summed E-state index contributed by atoms with van der Waals surface area (Å²) in [5.41, 5.74) is -0.282. The highest BCUT2D eigenvalue weighted by molar-refractivity contribution is 7.15. The second-order valence-corrected chi connectivity index (χ2v) is 8.82. The molecule has 1 N–H and O–H groups in total. The van der Waals surface area contributed by atoms with E-state index in [0.717, 1.165) is 48.4 Å². The first-order valence-electron chi connectivity index (χ1n) is 8.96. The average Bonchev–Trinajstić information content (AvgIpc) is 3.14. The van der Waals surface area contributed by atoms with Crippen molar-refractivity contribution in [1.82, 2.24) is 15.5 Å². The number of aryl methyl sites for hydroxylation is 1. The molecule has 2 atom stereocenters. The van der Waals surface area contributed by atoms with Crippen LogP contribution in [0.3, 0.4) is 0 Å². The zero-order chi connectivity index (χ0) is 16.7. The number of ether oxygens (including phenoxy) is 1. The maximum Gasteiger partial charge on any atom is 0.228 e. The molecule has 1 aromatic heterocycles. The molecular formula is C17H26N4O2S. The number of carbonyl (C=O) groups excluding carboxylic acids is 1. The summed E-state index contributed by atoms with van der Waals surface area (Å²) < 4.78 is 5.33. The molecule has 0 aromatic carbocycles. The molecule has 1 aromatic rings. The minimum atomic E-state index is -0.282. The summed E-state index contributed by atoms with van der Waals surface area (Å²) in [6.45, 7) is 4.37. The predicted molar refractivity (Wildman–Crippen MR) is 93.2 cm³/mol. The van der Waals surface area contributed by atoms with E-state index in [0.29, 0.717) is 12.5 Å². The smallest absolute Gasteiger partial charge is 0.228 e. The molecule has 0 unspecified atom stereocenters. The number of hydrogen-bond acceptors (Lipinski definition) is 6. The summed E-state index contributed by atoms with van der Waals surface area (Å²) in [5.74, 6) is 1.49. The fourth-order valence-corrected chi connectivity index (χ4v) is 4.90. The van der Waals surface area contributed by atoms with Crippen LogP contribution in [0.4, 0.5) is 5.13 Å². The van der Waals surface area contributed by atoms with Gasteiger partial charge in [-0.3, -0.25) is 4.79 Å². The first-order valence-corrected chi connectivity index (χ1v) is 9.78. The standard InChI is InChI=1S/C17H26N4O2S/c1-11-19-20-16(24-11)21-8-13(12-4-5-12)14(9-21)18-15(22)17(10-23-2)6-3-7-17/h12-14H,3-10H2,1-2H3,(H,18,22)/t13-,14+/m1/s1. The van der Waals surface area contributed by atoms with E-state index in [4.69, 9.17) is 4.74 Å². The monoisotopic (exact) mass is 350 g/mol. The van der Waals surface area contributed by atoms with Gasteiger partial charge in [0.15, 0.2) is 0 Å². The lowest BCUT2D eigenvalue weighted by atomic mass is 9.68. The largest absolute Gasteiger partial charge is 0.384 e. The van der Waals surface area contributed by atoms with Crippen molar-refractivity contribution >= 4 is 22.4 Å². The van der Waals surface area contributed by atoms with Crippen molar-refractivity contribution < 1.29 is 9.53 Å². The molecule has 1 aliphatic heterocycles. The molecule has 2 saturated carbocycles. The summed E-state index contributed by atoms with van der Waals surface area (Å²) in [6.07, 6.45) is 5.62. The van der Waals surface area contributed by atoms with Gasteiger partial charge in [0, 0.05) is 26.1 Å². The molecule has 0 radical (unpaired) electrons. The summed E-state index contributed by atoms with van der Waals surface area (Å²) in [6, 6.07) is 0.225. The SMILES string of the molecule is COCC1(C(=O)N[C@H]2CN(c3nnc(C)s3)C[C@@H]2C2CC2)CCC1. The van der Waals surface area contributed by atoms with Crippen molar-refractivity contribution in [3.05, 3.63) is 5.01 Å². The maximum absolute atomic E-state index is 12.9. The lowest BCUT2D eigenvalue weighted by Gasteiger charge is -2.40. The fraction of sp³-hybridized carbons (Fsp3) is 0.824. The van der Waals surface area contributed by atoms with E-state index in [1.54, 1.807) is 18.4 Å². The van der Waals surface area contributed by atoms with Gasteiger partial charge >= 0.3 is 0 Å². The Morgan fingerprint density at radius 2 is 2.17 bits per heavy atom. The van der Waals surface area contributed by atoms with Crippen LogP contribution in [0.2, 0.25) is 0 Å². The third kappa shape index (κ3) is 2.92. The molecule has 3 fully saturated rings. The minimum absolute atomic E-state index is 0.196. The van der Waals surface area contributed by atoms with Crippen molar-refractivity contribution in [3.63, 3.8) is 0 Å². The van der Waals surface area contributed by atoms with E-state index in [1.807, 2.05) is 6.92 Å². The molecule has 24 heavy (non-hydrogen) atoms. The molecule has 1 saturated heterocycles. The number of rotatable bonds is 6. The van der Waals surface area contributed by atoms with Crippen molar-refractivity contribution in [2.24, 2.45) is 17.3 Å². The van der Waals surface area contributed by atoms with Gasteiger partial charge in [0.1, 0.15) is 5.01 Å². The van der Waals surface area contributed by atoms with E-state index in [9.17, 15) is 4.79 Å². The highest BCUT2D eigenvalue weighted by Crippen LogP contribution is 2.44. The number of hydrogen-bond donors (Lipinski definition) is 1. The minimum Gasteiger partial charge on any atom is -0.384 e. The maximum atomic E-state index is 12.9. The highest BCUT2D eigenvalue weighted by atomic mass is 32.1. The van der Waals surface area contributed by atoms with Gasteiger partial charge in [0.2, 0.25) is 11.0 Å². The first kappa shape index (κ1) is 16.3. The second kappa shape index (κ2) is 6.26. The van der Waals surface area contributed by atoms with E-state index in [1.165, 1.54) is 12.8 Å². The lowest BCUT2D eigenvalue weighted by Crippen LogP contribution is -2.53. The van der Waals surface area contributed by atoms with Gasteiger partial charge < -0.3 is 15.0 Å². The Balaban J connectivity index is 1.45. The van der Waals surface area contributed by atoms with Crippen LogP contribution >= 0.6 is 11.3 Å². The average molecular weight is 350 g/mol. The summed E-state index contributed by atoms with van der Waals surface area (Å²) >= 11 is 1.64. The van der Waals surface area contributed by atoms with Gasteiger partial charge in [-0.1, -0.05) is 17.8 Å². The molecule has 2 heterocycles. The third-order valence-electron chi connectivity index (χ3n) is 5.91. The van der Waals surface area contributed by atoms with Gasteiger partial charge in [0.05, 0.1) is 18.1 Å². The lowest BCUT2D eigenvalue weighted by molar-refractivity contribution is -0.141. The molecule has 2 aliphatic carbocycles. The number of aromatic nitrogens is 2. The van der Waals surface area contributed by atoms with Gasteiger partial charge in [-0.05, 0) is 38.5 Å². The predicted octanol–water partition coefficient (Wildman–Crippen LogP) is 1.99. The van der Waals surface area contributed by atoms with Gasteiger partial charge in [-0.15, -0.1) is 10.2 Å². The molecule has 3 aliphatic rings. The van der Waals surface area contributed by atoms with Crippen molar-refractivity contribution in [1.29, 1.82) is 0 Å². The Kier molecular flexibility index (Phi) is 4.24. The molecule has 0 spiro atoms. The van der Waals surface area contributed by atoms with Crippen LogP contribution in [-0.2, 0) is 9.53 Å². The number of amides is 1. The van der Waals surface area contributed by atoms with Crippen LogP contribution in [0.5, 0.6) is 0 Å². The fourth-order valence-electron chi connectivity index (χ4n) is 4.19. The molecule has 6 nitrogen and oxygen atoms in total. The summed E-state index contributed by atoms with van der Waals surface area (Å²) in [4.78, 5) is 15.2. The van der Waals surface area contributed by atoms with Crippen LogP contribution in [-0.4, -0.2) is 49.0 Å². The highest BCUT2D eigenvalue weighted by Gasteiger charge is 2.48. The molecule has 7 heteroatoms. The van der Waals surface area contributed by atoms with Gasteiger partial charge in [-0.25, -0.2) is 0 Å². The van der Waals surface area contributed by atoms with Crippen LogP contribution in [0.15, 0.2) is 0 Å². The zero-order valence-corrected chi connectivity index (χ0v) is 15.3. The van der Waals surface area contributed by atoms with Crippen molar-refractivity contribution in [3.8, 4) is 0 Å². The zero-order valence-electron chi connectivity index (χ0n) is 14.5. The van der Waals surface area contributed by atoms with E-state index >= 15 is 0 Å². The Hall–Kier alpha value is -1.21. The van der Waals surface area contributed by atoms with Gasteiger partial charge in [-0.2, -0.15) is 0 Å². The topological polar surface area (TPSA) is 67.3 Å². The molecule has 0 bridgehead atoms. The number of anilines is 1. The van der Waals surface area contributed by atoms with E-state index < -0.39 is 0 Å². The Morgan fingerprint density at radius 3 is 2.71 bits per heavy atom.